The molecule has 1 saturated carbocycles. The lowest BCUT2D eigenvalue weighted by Crippen LogP contribution is -2.38. The highest BCUT2D eigenvalue weighted by Gasteiger charge is 2.27. The van der Waals surface area contributed by atoms with Crippen LogP contribution in [0, 0.1) is 0 Å². The predicted molar refractivity (Wildman–Crippen MR) is 87.6 cm³/mol. The fraction of sp³-hybridized carbons (Fsp3) is 0.412. The molecular formula is C17H19N5O2. The van der Waals surface area contributed by atoms with Crippen LogP contribution >= 0.6 is 0 Å². The third kappa shape index (κ3) is 2.77. The highest BCUT2D eigenvalue weighted by molar-refractivity contribution is 6.05. The minimum atomic E-state index is -0.0902. The number of amides is 2. The van der Waals surface area contributed by atoms with Crippen molar-refractivity contribution >= 4 is 17.5 Å². The zero-order valence-corrected chi connectivity index (χ0v) is 13.2. The van der Waals surface area contributed by atoms with Gasteiger partial charge in [-0.15, -0.1) is 5.10 Å². The summed E-state index contributed by atoms with van der Waals surface area (Å²) in [5.74, 6) is -0.147. The molecule has 0 spiro atoms. The molecule has 2 amide bonds. The maximum Gasteiger partial charge on any atom is 0.251 e. The molecule has 7 nitrogen and oxygen atoms in total. The van der Waals surface area contributed by atoms with Gasteiger partial charge < -0.3 is 10.6 Å². The highest BCUT2D eigenvalue weighted by Crippen LogP contribution is 2.29. The van der Waals surface area contributed by atoms with Crippen LogP contribution in [-0.4, -0.2) is 32.9 Å². The van der Waals surface area contributed by atoms with Crippen LogP contribution in [-0.2, 0) is 11.2 Å². The third-order valence-corrected chi connectivity index (χ3v) is 4.88. The Morgan fingerprint density at radius 3 is 2.83 bits per heavy atom. The summed E-state index contributed by atoms with van der Waals surface area (Å²) in [6.45, 7) is 0. The minimum absolute atomic E-state index is 0.0569. The Hall–Kier alpha value is -2.70. The predicted octanol–water partition coefficient (Wildman–Crippen LogP) is 1.69. The molecule has 1 fully saturated rings. The second-order valence-electron chi connectivity index (χ2n) is 6.42. The Morgan fingerprint density at radius 1 is 1.25 bits per heavy atom. The lowest BCUT2D eigenvalue weighted by atomic mass is 9.91. The summed E-state index contributed by atoms with van der Waals surface area (Å²) < 4.78 is 1.90. The van der Waals surface area contributed by atoms with Gasteiger partial charge in [-0.2, -0.15) is 0 Å². The quantitative estimate of drug-likeness (QED) is 0.898. The standard InChI is InChI=1S/C17H19N5O2/c23-16-10-14-13(2-1-3-15(14)20-16)17(24)19-11-4-6-12(7-5-11)22-9-8-18-21-22/h1-3,8-9,11-12H,4-7,10H2,(H,19,24)(H,20,23). The zero-order valence-electron chi connectivity index (χ0n) is 13.2. The summed E-state index contributed by atoms with van der Waals surface area (Å²) >= 11 is 0. The number of carbonyl (C=O) groups is 2. The number of nitrogens with zero attached hydrogens (tertiary/aromatic N) is 3. The summed E-state index contributed by atoms with van der Waals surface area (Å²) in [7, 11) is 0. The molecule has 0 atom stereocenters. The first-order valence-corrected chi connectivity index (χ1v) is 8.29. The van der Waals surface area contributed by atoms with E-state index in [-0.39, 0.29) is 24.3 Å². The van der Waals surface area contributed by atoms with Crippen molar-refractivity contribution in [2.24, 2.45) is 0 Å². The Kier molecular flexibility index (Phi) is 3.76. The van der Waals surface area contributed by atoms with Crippen molar-refractivity contribution < 1.29 is 9.59 Å². The molecule has 0 unspecified atom stereocenters. The van der Waals surface area contributed by atoms with Gasteiger partial charge in [-0.3, -0.25) is 9.59 Å². The van der Waals surface area contributed by atoms with Gasteiger partial charge in [0.2, 0.25) is 5.91 Å². The first kappa shape index (κ1) is 14.9. The van der Waals surface area contributed by atoms with E-state index in [2.05, 4.69) is 20.9 Å². The van der Waals surface area contributed by atoms with E-state index in [0.717, 1.165) is 36.9 Å². The van der Waals surface area contributed by atoms with Crippen molar-refractivity contribution in [2.75, 3.05) is 5.32 Å². The van der Waals surface area contributed by atoms with Crippen LogP contribution in [0.4, 0.5) is 5.69 Å². The molecule has 0 bridgehead atoms. The van der Waals surface area contributed by atoms with E-state index >= 15 is 0 Å². The van der Waals surface area contributed by atoms with Crippen molar-refractivity contribution in [1.82, 2.24) is 20.3 Å². The number of nitrogens with one attached hydrogen (secondary N) is 2. The van der Waals surface area contributed by atoms with Crippen molar-refractivity contribution in [3.63, 3.8) is 0 Å². The van der Waals surface area contributed by atoms with Crippen LogP contribution in [0.1, 0.15) is 47.6 Å². The van der Waals surface area contributed by atoms with E-state index in [0.29, 0.717) is 11.6 Å². The number of carbonyl (C=O) groups excluding carboxylic acids is 2. The van der Waals surface area contributed by atoms with E-state index < -0.39 is 0 Å². The molecule has 7 heteroatoms. The smallest absolute Gasteiger partial charge is 0.251 e. The molecule has 4 rings (SSSR count). The number of hydrogen-bond donors (Lipinski definition) is 2. The molecule has 1 aromatic heterocycles. The average Bonchev–Trinajstić information content (AvgIpc) is 3.23. The summed E-state index contributed by atoms with van der Waals surface area (Å²) in [4.78, 5) is 24.2. The average molecular weight is 325 g/mol. The van der Waals surface area contributed by atoms with Gasteiger partial charge in [0.1, 0.15) is 0 Å². The van der Waals surface area contributed by atoms with E-state index in [1.54, 1.807) is 18.3 Å². The highest BCUT2D eigenvalue weighted by atomic mass is 16.2. The molecule has 0 radical (unpaired) electrons. The van der Waals surface area contributed by atoms with Crippen LogP contribution < -0.4 is 10.6 Å². The van der Waals surface area contributed by atoms with Crippen molar-refractivity contribution in [3.05, 3.63) is 41.7 Å². The monoisotopic (exact) mass is 325 g/mol. The Bertz CT molecular complexity index is 763. The fourth-order valence-electron chi connectivity index (χ4n) is 3.62. The number of aromatic nitrogens is 3. The second kappa shape index (κ2) is 6.07. The van der Waals surface area contributed by atoms with Gasteiger partial charge in [0.05, 0.1) is 18.7 Å². The molecule has 1 aliphatic heterocycles. The molecule has 24 heavy (non-hydrogen) atoms. The first-order chi connectivity index (χ1) is 11.7. The summed E-state index contributed by atoms with van der Waals surface area (Å²) in [5.41, 5.74) is 2.16. The number of hydrogen-bond acceptors (Lipinski definition) is 4. The van der Waals surface area contributed by atoms with Gasteiger partial charge in [0.25, 0.3) is 5.91 Å². The molecule has 1 aromatic carbocycles. The number of fused-ring (bicyclic) bond motifs is 1. The fourth-order valence-corrected chi connectivity index (χ4v) is 3.62. The van der Waals surface area contributed by atoms with E-state index in [4.69, 9.17) is 0 Å². The third-order valence-electron chi connectivity index (χ3n) is 4.88. The molecule has 2 aliphatic rings. The number of benzene rings is 1. The van der Waals surface area contributed by atoms with Crippen LogP contribution in [0.2, 0.25) is 0 Å². The largest absolute Gasteiger partial charge is 0.349 e. The van der Waals surface area contributed by atoms with Crippen molar-refractivity contribution in [2.45, 2.75) is 44.2 Å². The van der Waals surface area contributed by atoms with Crippen LogP contribution in [0.15, 0.2) is 30.6 Å². The number of anilines is 1. The topological polar surface area (TPSA) is 88.9 Å². The minimum Gasteiger partial charge on any atom is -0.349 e. The van der Waals surface area contributed by atoms with E-state index in [1.165, 1.54) is 0 Å². The Balaban J connectivity index is 1.40. The van der Waals surface area contributed by atoms with Crippen LogP contribution in [0.25, 0.3) is 0 Å². The van der Waals surface area contributed by atoms with Gasteiger partial charge in [-0.25, -0.2) is 4.68 Å². The van der Waals surface area contributed by atoms with E-state index in [9.17, 15) is 9.59 Å². The summed E-state index contributed by atoms with van der Waals surface area (Å²) in [5, 5.41) is 13.8. The van der Waals surface area contributed by atoms with Crippen LogP contribution in [0.3, 0.4) is 0 Å². The molecule has 1 aliphatic carbocycles. The zero-order chi connectivity index (χ0) is 16.5. The first-order valence-electron chi connectivity index (χ1n) is 8.29. The SMILES string of the molecule is O=C1Cc2c(cccc2C(=O)NC2CCC(n3ccnn3)CC2)N1. The maximum atomic E-state index is 12.6. The molecule has 124 valence electrons. The number of rotatable bonds is 3. The van der Waals surface area contributed by atoms with Gasteiger partial charge >= 0.3 is 0 Å². The lowest BCUT2D eigenvalue weighted by molar-refractivity contribution is -0.115. The van der Waals surface area contributed by atoms with Gasteiger partial charge in [0, 0.05) is 23.5 Å². The molecule has 2 N–H and O–H groups in total. The second-order valence-corrected chi connectivity index (χ2v) is 6.42. The maximum absolute atomic E-state index is 12.6. The summed E-state index contributed by atoms with van der Waals surface area (Å²) in [6, 6.07) is 5.96. The lowest BCUT2D eigenvalue weighted by Gasteiger charge is -2.29. The van der Waals surface area contributed by atoms with Gasteiger partial charge in [-0.05, 0) is 43.4 Å². The molecular weight excluding hydrogens is 306 g/mol. The molecule has 0 saturated heterocycles. The van der Waals surface area contributed by atoms with Crippen molar-refractivity contribution in [1.29, 1.82) is 0 Å². The van der Waals surface area contributed by atoms with Gasteiger partial charge in [-0.1, -0.05) is 11.3 Å². The summed E-state index contributed by atoms with van der Waals surface area (Å²) in [6.07, 6.45) is 7.64. The molecule has 2 heterocycles. The van der Waals surface area contributed by atoms with Gasteiger partial charge in [0.15, 0.2) is 0 Å². The Labute approximate surface area is 139 Å². The van der Waals surface area contributed by atoms with E-state index in [1.807, 2.05) is 16.9 Å². The van der Waals surface area contributed by atoms with Crippen LogP contribution in [0.5, 0.6) is 0 Å². The van der Waals surface area contributed by atoms with Crippen molar-refractivity contribution in [3.8, 4) is 0 Å². The normalized spacial score (nSPS) is 22.8. The Morgan fingerprint density at radius 2 is 2.08 bits per heavy atom. The molecule has 2 aromatic rings.